The van der Waals surface area contributed by atoms with Gasteiger partial charge in [0.15, 0.2) is 0 Å². The van der Waals surface area contributed by atoms with Crippen molar-refractivity contribution in [3.8, 4) is 5.75 Å². The summed E-state index contributed by atoms with van der Waals surface area (Å²) in [4.78, 5) is 107. The molecule has 1 unspecified atom stereocenters. The Balaban J connectivity index is 2.39. The molecule has 0 aromatic heterocycles. The van der Waals surface area contributed by atoms with Gasteiger partial charge in [-0.2, -0.15) is 0 Å². The average Bonchev–Trinajstić information content (AvgIpc) is 3.17. The lowest BCUT2D eigenvalue weighted by atomic mass is 9.95. The molecule has 2 aromatic carbocycles. The summed E-state index contributed by atoms with van der Waals surface area (Å²) in [5.74, 6) is -8.78. The number of nitrogens with one attached hydrogen (secondary N) is 5. The second kappa shape index (κ2) is 24.0. The summed E-state index contributed by atoms with van der Waals surface area (Å²) in [6.07, 6.45) is -0.806. The van der Waals surface area contributed by atoms with Crippen LogP contribution in [0, 0.1) is 17.8 Å². The van der Waals surface area contributed by atoms with Gasteiger partial charge in [-0.05, 0) is 53.9 Å². The number of hydrogen-bond acceptors (Lipinski definition) is 9. The molecule has 0 radical (unpaired) electrons. The Morgan fingerprint density at radius 3 is 1.71 bits per heavy atom. The first-order valence-corrected chi connectivity index (χ1v) is 19.7. The molecule has 0 aliphatic rings. The number of phenolic OH excluding ortho intramolecular Hbond substituents is 1. The summed E-state index contributed by atoms with van der Waals surface area (Å²) in [7, 11) is 1.51. The molecular weight excluding hydrogens is 764 g/mol. The van der Waals surface area contributed by atoms with Gasteiger partial charge in [-0.1, -0.05) is 90.4 Å². The second-order valence-electron chi connectivity index (χ2n) is 15.5. The number of rotatable bonds is 24. The first kappa shape index (κ1) is 49.1. The molecule has 0 aliphatic carbocycles. The molecular formula is C42H60N6O11. The maximum Gasteiger partial charge on any atom is 0.326 e. The van der Waals surface area contributed by atoms with E-state index in [1.807, 2.05) is 30.3 Å². The number of aliphatic carboxylic acids is 2. The molecule has 0 aliphatic heterocycles. The van der Waals surface area contributed by atoms with E-state index in [2.05, 4.69) is 26.6 Å². The molecule has 0 saturated carbocycles. The first-order chi connectivity index (χ1) is 27.7. The van der Waals surface area contributed by atoms with E-state index in [0.29, 0.717) is 18.4 Å². The Bertz CT molecular complexity index is 1750. The lowest BCUT2D eigenvalue weighted by Gasteiger charge is -2.30. The first-order valence-electron chi connectivity index (χ1n) is 19.7. The summed E-state index contributed by atoms with van der Waals surface area (Å²) in [6, 6.07) is 8.07. The molecule has 0 saturated heterocycles. The highest BCUT2D eigenvalue weighted by Crippen LogP contribution is 2.14. The molecule has 0 spiro atoms. The van der Waals surface area contributed by atoms with Crippen LogP contribution in [0.15, 0.2) is 54.6 Å². The van der Waals surface area contributed by atoms with Crippen LogP contribution >= 0.6 is 0 Å². The molecule has 2 rings (SSSR count). The monoisotopic (exact) mass is 824 g/mol. The van der Waals surface area contributed by atoms with Gasteiger partial charge in [-0.3, -0.25) is 33.6 Å². The van der Waals surface area contributed by atoms with Crippen LogP contribution in [0.5, 0.6) is 5.75 Å². The number of carboxylic acid groups (broad SMARTS) is 2. The lowest BCUT2D eigenvalue weighted by Crippen LogP contribution is -2.61. The van der Waals surface area contributed by atoms with E-state index in [9.17, 15) is 53.7 Å². The SMILES string of the molecule is CC[C@H](C)[C@H](NC(=O)[C@@H](NC(=O)Cc1ccc(O)cc1)C(C)C)C(=O)NC(CC(=O)N(C)CCc1ccccc1)C(=O)N[C@@H](CC(=O)O)C(=O)N[C@@H](CC(C)C)C(=O)O. The zero-order valence-corrected chi connectivity index (χ0v) is 34.8. The van der Waals surface area contributed by atoms with Gasteiger partial charge in [0, 0.05) is 13.6 Å². The third kappa shape index (κ3) is 17.2. The van der Waals surface area contributed by atoms with Crippen LogP contribution in [0.25, 0.3) is 0 Å². The van der Waals surface area contributed by atoms with Crippen molar-refractivity contribution in [2.45, 2.75) is 110 Å². The summed E-state index contributed by atoms with van der Waals surface area (Å²) < 4.78 is 0. The fourth-order valence-corrected chi connectivity index (χ4v) is 5.99. The molecule has 0 fully saturated rings. The molecule has 324 valence electrons. The number of carbonyl (C=O) groups is 8. The highest BCUT2D eigenvalue weighted by molar-refractivity contribution is 5.98. The Morgan fingerprint density at radius 2 is 1.19 bits per heavy atom. The van der Waals surface area contributed by atoms with Gasteiger partial charge in [0.2, 0.25) is 35.4 Å². The zero-order chi connectivity index (χ0) is 44.4. The van der Waals surface area contributed by atoms with Crippen LogP contribution in [0.2, 0.25) is 0 Å². The largest absolute Gasteiger partial charge is 0.508 e. The van der Waals surface area contributed by atoms with Crippen molar-refractivity contribution in [3.63, 3.8) is 0 Å². The Kier molecular flexibility index (Phi) is 20.0. The standard InChI is InChI=1S/C42H60N6O11/c1-8-26(6)37(47-40(56)36(25(4)5)46-33(50)21-28-14-16-29(49)17-15-28)41(57)44-30(22-34(51)48(7)19-18-27-12-10-9-11-13-27)38(54)43-31(23-35(52)53)39(55)45-32(42(58)59)20-24(2)3/h9-17,24-26,30-32,36-37,49H,8,18-23H2,1-7H3,(H,43,54)(H,44,57)(H,45,55)(H,46,50)(H,47,56)(H,52,53)(H,58,59)/t26-,30?,31-,32-,36-,37-/m0/s1. The van der Waals surface area contributed by atoms with Crippen LogP contribution in [-0.2, 0) is 51.2 Å². The van der Waals surface area contributed by atoms with Gasteiger partial charge in [0.1, 0.15) is 36.0 Å². The molecule has 6 atom stereocenters. The summed E-state index contributed by atoms with van der Waals surface area (Å²) in [5.41, 5.74) is 1.53. The Morgan fingerprint density at radius 1 is 0.644 bits per heavy atom. The maximum absolute atomic E-state index is 14.1. The highest BCUT2D eigenvalue weighted by atomic mass is 16.4. The summed E-state index contributed by atoms with van der Waals surface area (Å²) in [5, 5.41) is 41.3. The molecule has 2 aromatic rings. The predicted octanol–water partition coefficient (Wildman–Crippen LogP) is 1.76. The molecule has 0 bridgehead atoms. The fraction of sp³-hybridized carbons (Fsp3) is 0.524. The van der Waals surface area contributed by atoms with E-state index in [1.54, 1.807) is 53.7 Å². The number of aromatic hydroxyl groups is 1. The number of likely N-dealkylation sites (N-methyl/N-ethyl adjacent to an activating group) is 1. The number of carbonyl (C=O) groups excluding carboxylic acids is 6. The van der Waals surface area contributed by atoms with Crippen LogP contribution in [0.1, 0.15) is 78.4 Å². The van der Waals surface area contributed by atoms with Crippen LogP contribution in [0.4, 0.5) is 0 Å². The summed E-state index contributed by atoms with van der Waals surface area (Å²) in [6.45, 7) is 10.6. The highest BCUT2D eigenvalue weighted by Gasteiger charge is 2.36. The van der Waals surface area contributed by atoms with Crippen molar-refractivity contribution in [1.82, 2.24) is 31.5 Å². The number of benzene rings is 2. The predicted molar refractivity (Wildman–Crippen MR) is 218 cm³/mol. The van der Waals surface area contributed by atoms with Crippen molar-refractivity contribution >= 4 is 47.4 Å². The third-order valence-corrected chi connectivity index (χ3v) is 9.71. The maximum atomic E-state index is 14.1. The summed E-state index contributed by atoms with van der Waals surface area (Å²) >= 11 is 0. The molecule has 6 amide bonds. The number of carboxylic acids is 2. The number of hydrogen-bond donors (Lipinski definition) is 8. The van der Waals surface area contributed by atoms with E-state index < -0.39 is 102 Å². The topological polar surface area (TPSA) is 261 Å². The van der Waals surface area contributed by atoms with Crippen LogP contribution in [-0.4, -0.2) is 111 Å². The smallest absolute Gasteiger partial charge is 0.326 e. The molecule has 0 heterocycles. The van der Waals surface area contributed by atoms with Gasteiger partial charge in [0.25, 0.3) is 0 Å². The van der Waals surface area contributed by atoms with Crippen LogP contribution in [0.3, 0.4) is 0 Å². The molecule has 17 nitrogen and oxygen atoms in total. The molecule has 59 heavy (non-hydrogen) atoms. The van der Waals surface area contributed by atoms with Gasteiger partial charge in [-0.25, -0.2) is 4.79 Å². The van der Waals surface area contributed by atoms with Crippen molar-refractivity contribution in [1.29, 1.82) is 0 Å². The van der Waals surface area contributed by atoms with E-state index in [4.69, 9.17) is 0 Å². The van der Waals surface area contributed by atoms with Crippen molar-refractivity contribution in [3.05, 3.63) is 65.7 Å². The zero-order valence-electron chi connectivity index (χ0n) is 34.8. The van der Waals surface area contributed by atoms with Gasteiger partial charge in [-0.15, -0.1) is 0 Å². The Labute approximate surface area is 345 Å². The second-order valence-corrected chi connectivity index (χ2v) is 15.5. The number of nitrogens with zero attached hydrogens (tertiary/aromatic N) is 1. The van der Waals surface area contributed by atoms with E-state index in [-0.39, 0.29) is 31.1 Å². The van der Waals surface area contributed by atoms with Crippen molar-refractivity contribution < 1.29 is 53.7 Å². The quantitative estimate of drug-likeness (QED) is 0.0757. The van der Waals surface area contributed by atoms with Crippen LogP contribution < -0.4 is 26.6 Å². The van der Waals surface area contributed by atoms with Gasteiger partial charge in [0.05, 0.1) is 19.3 Å². The minimum absolute atomic E-state index is 0.0137. The minimum atomic E-state index is -1.79. The normalized spacial score (nSPS) is 14.1. The molecule has 17 heteroatoms. The van der Waals surface area contributed by atoms with Gasteiger partial charge >= 0.3 is 11.9 Å². The van der Waals surface area contributed by atoms with E-state index >= 15 is 0 Å². The van der Waals surface area contributed by atoms with Crippen molar-refractivity contribution in [2.24, 2.45) is 17.8 Å². The van der Waals surface area contributed by atoms with E-state index in [0.717, 1.165) is 5.56 Å². The number of phenols is 1. The Hall–Kier alpha value is -6.00. The van der Waals surface area contributed by atoms with Gasteiger partial charge < -0.3 is 46.8 Å². The van der Waals surface area contributed by atoms with E-state index in [1.165, 1.54) is 24.1 Å². The molecule has 8 N–H and O–H groups in total. The van der Waals surface area contributed by atoms with Crippen molar-refractivity contribution in [2.75, 3.05) is 13.6 Å². The average molecular weight is 825 g/mol. The minimum Gasteiger partial charge on any atom is -0.508 e. The third-order valence-electron chi connectivity index (χ3n) is 9.71. The lowest BCUT2D eigenvalue weighted by molar-refractivity contribution is -0.144. The fourth-order valence-electron chi connectivity index (χ4n) is 5.99. The number of amides is 6.